The highest BCUT2D eigenvalue weighted by atomic mass is 32.1. The summed E-state index contributed by atoms with van der Waals surface area (Å²) in [7, 11) is 1.92. The molecule has 0 fully saturated rings. The van der Waals surface area contributed by atoms with Gasteiger partial charge in [0.1, 0.15) is 0 Å². The molecule has 0 unspecified atom stereocenters. The molecule has 0 atom stereocenters. The van der Waals surface area contributed by atoms with E-state index >= 15 is 0 Å². The van der Waals surface area contributed by atoms with E-state index in [1.54, 1.807) is 11.3 Å². The van der Waals surface area contributed by atoms with Crippen LogP contribution in [0.15, 0.2) is 23.7 Å². The van der Waals surface area contributed by atoms with Gasteiger partial charge in [-0.3, -0.25) is 9.78 Å². The maximum Gasteiger partial charge on any atom is 0.154 e. The summed E-state index contributed by atoms with van der Waals surface area (Å²) >= 11 is 1.66. The van der Waals surface area contributed by atoms with Crippen molar-refractivity contribution in [1.29, 1.82) is 0 Å². The highest BCUT2D eigenvalue weighted by molar-refractivity contribution is 7.13. The van der Waals surface area contributed by atoms with Crippen LogP contribution in [-0.4, -0.2) is 20.0 Å². The van der Waals surface area contributed by atoms with Crippen LogP contribution in [0.3, 0.4) is 0 Å². The molecule has 3 rings (SSSR count). The molecule has 0 aliphatic rings. The van der Waals surface area contributed by atoms with Crippen molar-refractivity contribution in [2.75, 3.05) is 5.73 Å². The first-order chi connectivity index (χ1) is 9.20. The fourth-order valence-electron chi connectivity index (χ4n) is 2.23. The number of aryl methyl sites for hydroxylation is 2. The van der Waals surface area contributed by atoms with E-state index in [0.29, 0.717) is 5.82 Å². The molecular weight excluding hydrogens is 258 g/mol. The first kappa shape index (κ1) is 12.0. The van der Waals surface area contributed by atoms with Gasteiger partial charge in [-0.05, 0) is 17.9 Å². The van der Waals surface area contributed by atoms with Crippen molar-refractivity contribution in [2.45, 2.75) is 13.3 Å². The molecule has 19 heavy (non-hydrogen) atoms. The normalized spacial score (nSPS) is 11.1. The van der Waals surface area contributed by atoms with E-state index in [1.807, 2.05) is 29.4 Å². The number of thiophene rings is 1. The molecular formula is C13H15N5S. The van der Waals surface area contributed by atoms with E-state index < -0.39 is 0 Å². The second-order valence-corrected chi connectivity index (χ2v) is 5.30. The number of aromatic amines is 1. The zero-order valence-corrected chi connectivity index (χ0v) is 11.7. The summed E-state index contributed by atoms with van der Waals surface area (Å²) in [6.07, 6.45) is 2.88. The van der Waals surface area contributed by atoms with Gasteiger partial charge in [-0.2, -0.15) is 10.2 Å². The smallest absolute Gasteiger partial charge is 0.154 e. The Kier molecular flexibility index (Phi) is 2.87. The molecule has 0 aromatic carbocycles. The average molecular weight is 273 g/mol. The molecule has 6 heteroatoms. The maximum atomic E-state index is 6.01. The summed E-state index contributed by atoms with van der Waals surface area (Å²) in [6, 6.07) is 4.07. The van der Waals surface area contributed by atoms with E-state index in [1.165, 1.54) is 0 Å². The quantitative estimate of drug-likeness (QED) is 0.770. The van der Waals surface area contributed by atoms with Crippen LogP contribution in [0.5, 0.6) is 0 Å². The van der Waals surface area contributed by atoms with Crippen LogP contribution in [0.1, 0.15) is 12.6 Å². The molecule has 0 saturated carbocycles. The second kappa shape index (κ2) is 4.55. The largest absolute Gasteiger partial charge is 0.382 e. The van der Waals surface area contributed by atoms with Gasteiger partial charge in [0.2, 0.25) is 0 Å². The number of anilines is 1. The summed E-state index contributed by atoms with van der Waals surface area (Å²) in [4.78, 5) is 1.12. The molecule has 98 valence electrons. The highest BCUT2D eigenvalue weighted by Crippen LogP contribution is 2.38. The Labute approximate surface area is 115 Å². The van der Waals surface area contributed by atoms with Crippen molar-refractivity contribution in [3.8, 4) is 21.7 Å². The van der Waals surface area contributed by atoms with E-state index in [2.05, 4.69) is 28.3 Å². The van der Waals surface area contributed by atoms with Gasteiger partial charge >= 0.3 is 0 Å². The summed E-state index contributed by atoms with van der Waals surface area (Å²) in [5.41, 5.74) is 10.0. The third-order valence-corrected chi connectivity index (χ3v) is 3.96. The minimum absolute atomic E-state index is 0.531. The minimum atomic E-state index is 0.531. The Balaban J connectivity index is 2.21. The van der Waals surface area contributed by atoms with Crippen molar-refractivity contribution >= 4 is 17.2 Å². The van der Waals surface area contributed by atoms with Crippen LogP contribution in [0, 0.1) is 0 Å². The van der Waals surface area contributed by atoms with Crippen LogP contribution < -0.4 is 5.73 Å². The monoisotopic (exact) mass is 273 g/mol. The fourth-order valence-corrected chi connectivity index (χ4v) is 3.01. The Morgan fingerprint density at radius 2 is 2.32 bits per heavy atom. The lowest BCUT2D eigenvalue weighted by atomic mass is 10.1. The van der Waals surface area contributed by atoms with Gasteiger partial charge in [-0.1, -0.05) is 13.0 Å². The zero-order chi connectivity index (χ0) is 13.4. The van der Waals surface area contributed by atoms with E-state index in [-0.39, 0.29) is 0 Å². The van der Waals surface area contributed by atoms with Crippen molar-refractivity contribution in [3.05, 3.63) is 29.4 Å². The Morgan fingerprint density at radius 1 is 1.47 bits per heavy atom. The summed E-state index contributed by atoms with van der Waals surface area (Å²) < 4.78 is 1.82. The molecule has 0 spiro atoms. The first-order valence-electron chi connectivity index (χ1n) is 6.11. The summed E-state index contributed by atoms with van der Waals surface area (Å²) in [6.45, 7) is 2.09. The molecule has 0 radical (unpaired) electrons. The topological polar surface area (TPSA) is 72.5 Å². The van der Waals surface area contributed by atoms with Crippen LogP contribution >= 0.6 is 11.3 Å². The average Bonchev–Trinajstić information content (AvgIpc) is 3.07. The third kappa shape index (κ3) is 1.94. The van der Waals surface area contributed by atoms with E-state index in [9.17, 15) is 0 Å². The van der Waals surface area contributed by atoms with Gasteiger partial charge in [-0.25, -0.2) is 0 Å². The Hall–Kier alpha value is -2.08. The van der Waals surface area contributed by atoms with Crippen molar-refractivity contribution in [2.24, 2.45) is 7.05 Å². The van der Waals surface area contributed by atoms with E-state index in [0.717, 1.165) is 33.8 Å². The number of nitrogen functional groups attached to an aromatic ring is 1. The molecule has 0 bridgehead atoms. The molecule has 0 aliphatic carbocycles. The molecule has 0 saturated heterocycles. The van der Waals surface area contributed by atoms with Crippen LogP contribution in [-0.2, 0) is 13.5 Å². The number of nitrogens with two attached hydrogens (primary N) is 1. The molecule has 3 aromatic heterocycles. The van der Waals surface area contributed by atoms with Crippen LogP contribution in [0.4, 0.5) is 5.82 Å². The number of H-pyrrole nitrogens is 1. The number of nitrogens with zero attached hydrogens (tertiary/aromatic N) is 3. The molecule has 5 nitrogen and oxygen atoms in total. The van der Waals surface area contributed by atoms with Gasteiger partial charge in [0.15, 0.2) is 5.82 Å². The summed E-state index contributed by atoms with van der Waals surface area (Å²) in [5.74, 6) is 0.531. The number of rotatable bonds is 3. The fraction of sp³-hybridized carbons (Fsp3) is 0.231. The predicted octanol–water partition coefficient (Wildman–Crippen LogP) is 2.68. The maximum absolute atomic E-state index is 6.01. The molecule has 3 heterocycles. The van der Waals surface area contributed by atoms with Gasteiger partial charge in [0.25, 0.3) is 0 Å². The highest BCUT2D eigenvalue weighted by Gasteiger charge is 2.19. The van der Waals surface area contributed by atoms with E-state index in [4.69, 9.17) is 5.73 Å². The SMILES string of the molecule is CCc1nn(C)cc1-c1[nH]nc(N)c1-c1cccs1. The zero-order valence-electron chi connectivity index (χ0n) is 10.8. The number of hydrogen-bond donors (Lipinski definition) is 2. The molecule has 3 N–H and O–H groups in total. The van der Waals surface area contributed by atoms with Gasteiger partial charge in [0, 0.05) is 23.7 Å². The van der Waals surface area contributed by atoms with Gasteiger partial charge in [-0.15, -0.1) is 11.3 Å². The van der Waals surface area contributed by atoms with Crippen molar-refractivity contribution in [1.82, 2.24) is 20.0 Å². The van der Waals surface area contributed by atoms with Crippen molar-refractivity contribution in [3.63, 3.8) is 0 Å². The van der Waals surface area contributed by atoms with Crippen LogP contribution in [0.25, 0.3) is 21.7 Å². The number of nitrogens with one attached hydrogen (secondary N) is 1. The Bertz CT molecular complexity index is 693. The molecule has 0 aliphatic heterocycles. The minimum Gasteiger partial charge on any atom is -0.382 e. The lowest BCUT2D eigenvalue weighted by Gasteiger charge is -2.01. The van der Waals surface area contributed by atoms with Crippen molar-refractivity contribution < 1.29 is 0 Å². The lowest BCUT2D eigenvalue weighted by molar-refractivity contribution is 0.746. The summed E-state index contributed by atoms with van der Waals surface area (Å²) in [5, 5.41) is 13.7. The number of aromatic nitrogens is 4. The van der Waals surface area contributed by atoms with Crippen LogP contribution in [0.2, 0.25) is 0 Å². The standard InChI is InChI=1S/C13H15N5S/c1-3-9-8(7-18(2)17-9)12-11(13(14)16-15-12)10-5-4-6-19-10/h4-7H,3H2,1-2H3,(H3,14,15,16). The Morgan fingerprint density at radius 3 is 3.00 bits per heavy atom. The first-order valence-corrected chi connectivity index (χ1v) is 6.99. The number of hydrogen-bond acceptors (Lipinski definition) is 4. The molecule has 3 aromatic rings. The lowest BCUT2D eigenvalue weighted by Crippen LogP contribution is -1.90. The third-order valence-electron chi connectivity index (χ3n) is 3.07. The van der Waals surface area contributed by atoms with Gasteiger partial charge in [0.05, 0.1) is 17.0 Å². The van der Waals surface area contributed by atoms with Gasteiger partial charge < -0.3 is 5.73 Å². The second-order valence-electron chi connectivity index (χ2n) is 4.35. The molecule has 0 amide bonds. The predicted molar refractivity (Wildman–Crippen MR) is 77.9 cm³/mol.